The Labute approximate surface area is 113 Å². The summed E-state index contributed by atoms with van der Waals surface area (Å²) in [5, 5.41) is 11.7. The largest absolute Gasteiger partial charge is 0.426 e. The van der Waals surface area contributed by atoms with Gasteiger partial charge >= 0.3 is 5.63 Å². The van der Waals surface area contributed by atoms with Crippen LogP contribution in [0.3, 0.4) is 0 Å². The van der Waals surface area contributed by atoms with Crippen molar-refractivity contribution in [1.82, 2.24) is 0 Å². The Morgan fingerprint density at radius 3 is 2.74 bits per heavy atom. The highest BCUT2D eigenvalue weighted by Gasteiger charge is 2.15. The summed E-state index contributed by atoms with van der Waals surface area (Å²) in [5.41, 5.74) is -0.744. The first-order chi connectivity index (χ1) is 9.04. The molecule has 19 heavy (non-hydrogen) atoms. The van der Waals surface area contributed by atoms with Gasteiger partial charge in [0.2, 0.25) is 0 Å². The van der Waals surface area contributed by atoms with E-state index in [4.69, 9.17) is 16.0 Å². The molecule has 6 heteroatoms. The van der Waals surface area contributed by atoms with E-state index in [0.717, 1.165) is 12.8 Å². The van der Waals surface area contributed by atoms with Gasteiger partial charge in [0.25, 0.3) is 5.69 Å². The van der Waals surface area contributed by atoms with Crippen LogP contribution in [-0.2, 0) is 6.42 Å². The van der Waals surface area contributed by atoms with Crippen LogP contribution < -0.4 is 5.63 Å². The van der Waals surface area contributed by atoms with Crippen molar-refractivity contribution >= 4 is 28.1 Å². The SMILES string of the molecule is CCCCc1oc(=O)c2cc([N+](=O)[O-])ccc2c1Cl. The molecule has 0 atom stereocenters. The molecule has 0 saturated heterocycles. The lowest BCUT2D eigenvalue weighted by molar-refractivity contribution is -0.384. The number of hydrogen-bond acceptors (Lipinski definition) is 4. The zero-order valence-electron chi connectivity index (χ0n) is 10.3. The summed E-state index contributed by atoms with van der Waals surface area (Å²) in [6, 6.07) is 4.01. The number of fused-ring (bicyclic) bond motifs is 1. The van der Waals surface area contributed by atoms with Crippen molar-refractivity contribution in [2.45, 2.75) is 26.2 Å². The molecule has 0 aliphatic carbocycles. The van der Waals surface area contributed by atoms with Gasteiger partial charge in [-0.05, 0) is 12.5 Å². The first kappa shape index (κ1) is 13.5. The van der Waals surface area contributed by atoms with Gasteiger partial charge in [0.1, 0.15) is 5.76 Å². The molecule has 0 unspecified atom stereocenters. The molecular formula is C13H12ClNO4. The van der Waals surface area contributed by atoms with Crippen molar-refractivity contribution in [2.24, 2.45) is 0 Å². The minimum Gasteiger partial charge on any atom is -0.426 e. The molecule has 0 fully saturated rings. The van der Waals surface area contributed by atoms with E-state index in [1.807, 2.05) is 6.92 Å². The normalized spacial score (nSPS) is 10.8. The van der Waals surface area contributed by atoms with Crippen LogP contribution in [-0.4, -0.2) is 4.92 Å². The van der Waals surface area contributed by atoms with E-state index in [0.29, 0.717) is 22.6 Å². The first-order valence-electron chi connectivity index (χ1n) is 5.94. The number of aryl methyl sites for hydroxylation is 1. The molecule has 1 heterocycles. The van der Waals surface area contributed by atoms with Crippen molar-refractivity contribution in [3.05, 3.63) is 49.5 Å². The highest BCUT2D eigenvalue weighted by Crippen LogP contribution is 2.28. The van der Waals surface area contributed by atoms with E-state index in [-0.39, 0.29) is 11.1 Å². The topological polar surface area (TPSA) is 73.3 Å². The average molecular weight is 282 g/mol. The van der Waals surface area contributed by atoms with Crippen LogP contribution >= 0.6 is 11.6 Å². The number of rotatable bonds is 4. The third kappa shape index (κ3) is 2.61. The monoisotopic (exact) mass is 281 g/mol. The predicted octanol–water partition coefficient (Wildman–Crippen LogP) is 3.70. The van der Waals surface area contributed by atoms with Gasteiger partial charge in [0.05, 0.1) is 15.3 Å². The third-order valence-electron chi connectivity index (χ3n) is 2.89. The molecule has 1 aromatic heterocycles. The number of non-ortho nitro benzene ring substituents is 1. The first-order valence-corrected chi connectivity index (χ1v) is 6.32. The van der Waals surface area contributed by atoms with E-state index in [1.165, 1.54) is 18.2 Å². The molecule has 100 valence electrons. The zero-order chi connectivity index (χ0) is 14.0. The van der Waals surface area contributed by atoms with E-state index < -0.39 is 10.5 Å². The van der Waals surface area contributed by atoms with Gasteiger partial charge in [0, 0.05) is 23.9 Å². The summed E-state index contributed by atoms with van der Waals surface area (Å²) in [7, 11) is 0. The van der Waals surface area contributed by atoms with Gasteiger partial charge < -0.3 is 4.42 Å². The summed E-state index contributed by atoms with van der Waals surface area (Å²) >= 11 is 6.18. The summed E-state index contributed by atoms with van der Waals surface area (Å²) < 4.78 is 5.15. The van der Waals surface area contributed by atoms with E-state index in [1.54, 1.807) is 0 Å². The number of halogens is 1. The highest BCUT2D eigenvalue weighted by atomic mass is 35.5. The summed E-state index contributed by atoms with van der Waals surface area (Å²) in [6.07, 6.45) is 2.40. The minimum atomic E-state index is -0.589. The number of nitro benzene ring substituents is 1. The number of nitro groups is 1. The van der Waals surface area contributed by atoms with E-state index in [2.05, 4.69) is 0 Å². The second-order valence-electron chi connectivity index (χ2n) is 4.22. The second-order valence-corrected chi connectivity index (χ2v) is 4.60. The molecule has 1 aromatic carbocycles. The van der Waals surface area contributed by atoms with Gasteiger partial charge in [-0.15, -0.1) is 0 Å². The Bertz CT molecular complexity index is 693. The average Bonchev–Trinajstić information content (AvgIpc) is 2.40. The fourth-order valence-corrected chi connectivity index (χ4v) is 2.16. The Morgan fingerprint density at radius 2 is 2.11 bits per heavy atom. The molecule has 0 aliphatic rings. The molecule has 0 radical (unpaired) electrons. The maximum absolute atomic E-state index is 11.8. The standard InChI is InChI=1S/C13H12ClNO4/c1-2-3-4-11-12(14)9-6-5-8(15(17)18)7-10(9)13(16)19-11/h5-7H,2-4H2,1H3. The number of hydrogen-bond donors (Lipinski definition) is 0. The Hall–Kier alpha value is -1.88. The molecule has 2 aromatic rings. The molecule has 5 nitrogen and oxygen atoms in total. The van der Waals surface area contributed by atoms with E-state index in [9.17, 15) is 14.9 Å². The number of benzene rings is 1. The molecule has 0 saturated carbocycles. The van der Waals surface area contributed by atoms with Crippen LogP contribution in [0.25, 0.3) is 10.8 Å². The summed E-state index contributed by atoms with van der Waals surface area (Å²) in [6.45, 7) is 2.02. The maximum Gasteiger partial charge on any atom is 0.344 e. The van der Waals surface area contributed by atoms with E-state index >= 15 is 0 Å². The smallest absolute Gasteiger partial charge is 0.344 e. The molecule has 0 spiro atoms. The second kappa shape index (κ2) is 5.40. The molecular weight excluding hydrogens is 270 g/mol. The van der Waals surface area contributed by atoms with Gasteiger partial charge in [-0.25, -0.2) is 4.79 Å². The van der Waals surface area contributed by atoms with Crippen molar-refractivity contribution in [2.75, 3.05) is 0 Å². The zero-order valence-corrected chi connectivity index (χ0v) is 11.1. The third-order valence-corrected chi connectivity index (χ3v) is 3.30. The predicted molar refractivity (Wildman–Crippen MR) is 72.8 cm³/mol. The minimum absolute atomic E-state index is 0.138. The molecule has 0 bridgehead atoms. The van der Waals surface area contributed by atoms with Crippen molar-refractivity contribution < 1.29 is 9.34 Å². The Morgan fingerprint density at radius 1 is 1.37 bits per heavy atom. The van der Waals surface area contributed by atoms with Gasteiger partial charge in [-0.3, -0.25) is 10.1 Å². The van der Waals surface area contributed by atoms with Crippen LogP contribution in [0, 0.1) is 10.1 Å². The Kier molecular flexibility index (Phi) is 3.85. The molecule has 0 aliphatic heterocycles. The number of nitrogens with zero attached hydrogens (tertiary/aromatic N) is 1. The van der Waals surface area contributed by atoms with Crippen LogP contribution in [0.1, 0.15) is 25.5 Å². The summed E-state index contributed by atoms with van der Waals surface area (Å²) in [5.74, 6) is 0.440. The summed E-state index contributed by atoms with van der Waals surface area (Å²) in [4.78, 5) is 22.0. The fraction of sp³-hybridized carbons (Fsp3) is 0.308. The van der Waals surface area contributed by atoms with Crippen LogP contribution in [0.5, 0.6) is 0 Å². The lowest BCUT2D eigenvalue weighted by Crippen LogP contribution is -2.04. The van der Waals surface area contributed by atoms with Crippen LogP contribution in [0.2, 0.25) is 5.02 Å². The van der Waals surface area contributed by atoms with Crippen LogP contribution in [0.15, 0.2) is 27.4 Å². The van der Waals surface area contributed by atoms with Gasteiger partial charge in [-0.1, -0.05) is 24.9 Å². The van der Waals surface area contributed by atoms with Crippen molar-refractivity contribution in [3.8, 4) is 0 Å². The molecule has 0 N–H and O–H groups in total. The fourth-order valence-electron chi connectivity index (χ4n) is 1.87. The molecule has 2 rings (SSSR count). The lowest BCUT2D eigenvalue weighted by Gasteiger charge is -2.05. The van der Waals surface area contributed by atoms with Crippen molar-refractivity contribution in [3.63, 3.8) is 0 Å². The maximum atomic E-state index is 11.8. The van der Waals surface area contributed by atoms with Crippen molar-refractivity contribution in [1.29, 1.82) is 0 Å². The quantitative estimate of drug-likeness (QED) is 0.633. The Balaban J connectivity index is 2.63. The van der Waals surface area contributed by atoms with Gasteiger partial charge in [-0.2, -0.15) is 0 Å². The number of unbranched alkanes of at least 4 members (excludes halogenated alkanes) is 1. The van der Waals surface area contributed by atoms with Crippen LogP contribution in [0.4, 0.5) is 5.69 Å². The lowest BCUT2D eigenvalue weighted by atomic mass is 10.1. The molecule has 0 amide bonds. The van der Waals surface area contributed by atoms with Gasteiger partial charge in [0.15, 0.2) is 0 Å². The highest BCUT2D eigenvalue weighted by molar-refractivity contribution is 6.36.